The molecule has 0 aromatic rings. The third kappa shape index (κ3) is 3.08. The lowest BCUT2D eigenvalue weighted by molar-refractivity contribution is -0.116. The van der Waals surface area contributed by atoms with Crippen molar-refractivity contribution >= 4 is 15.8 Å². The molecule has 1 heterocycles. The molecule has 0 bridgehead atoms. The zero-order valence-electron chi connectivity index (χ0n) is 7.82. The summed E-state index contributed by atoms with van der Waals surface area (Å²) in [6, 6.07) is 0. The van der Waals surface area contributed by atoms with Crippen LogP contribution < -0.4 is 0 Å². The van der Waals surface area contributed by atoms with E-state index < -0.39 is 10.0 Å². The van der Waals surface area contributed by atoms with Gasteiger partial charge in [0.05, 0.1) is 5.75 Å². The van der Waals surface area contributed by atoms with Gasteiger partial charge in [0, 0.05) is 19.5 Å². The van der Waals surface area contributed by atoms with Crippen LogP contribution >= 0.6 is 0 Å². The van der Waals surface area contributed by atoms with Crippen LogP contribution in [-0.2, 0) is 14.8 Å². The molecule has 0 amide bonds. The first-order chi connectivity index (χ1) is 6.02. The molecule has 1 saturated heterocycles. The number of Topliss-reactive ketones (excluding diaryl/α,β-unsaturated/α-hetero) is 1. The molecule has 0 atom stereocenters. The minimum atomic E-state index is -3.14. The molecule has 13 heavy (non-hydrogen) atoms. The number of ketones is 1. The lowest BCUT2D eigenvalue weighted by Crippen LogP contribution is -2.30. The first-order valence-electron chi connectivity index (χ1n) is 4.49. The van der Waals surface area contributed by atoms with Crippen molar-refractivity contribution in [1.29, 1.82) is 0 Å². The summed E-state index contributed by atoms with van der Waals surface area (Å²) >= 11 is 0. The number of sulfonamides is 1. The predicted octanol–water partition coefficient (Wildman–Crippen LogP) is 0.391. The van der Waals surface area contributed by atoms with E-state index in [2.05, 4.69) is 0 Å². The fourth-order valence-electron chi connectivity index (χ4n) is 1.37. The van der Waals surface area contributed by atoms with Crippen molar-refractivity contribution in [3.05, 3.63) is 0 Å². The van der Waals surface area contributed by atoms with E-state index in [-0.39, 0.29) is 18.0 Å². The molecule has 0 unspecified atom stereocenters. The fraction of sp³-hybridized carbons (Fsp3) is 0.875. The molecule has 0 aliphatic carbocycles. The van der Waals surface area contributed by atoms with Crippen molar-refractivity contribution in [1.82, 2.24) is 4.31 Å². The van der Waals surface area contributed by atoms with E-state index in [1.165, 1.54) is 11.2 Å². The Morgan fingerprint density at radius 1 is 1.31 bits per heavy atom. The van der Waals surface area contributed by atoms with Gasteiger partial charge in [-0.1, -0.05) is 0 Å². The van der Waals surface area contributed by atoms with E-state index in [9.17, 15) is 13.2 Å². The van der Waals surface area contributed by atoms with E-state index in [0.29, 0.717) is 13.1 Å². The molecule has 0 saturated carbocycles. The molecular formula is C8H15NO3S. The highest BCUT2D eigenvalue weighted by atomic mass is 32.2. The maximum absolute atomic E-state index is 11.5. The molecule has 0 aromatic carbocycles. The fourth-order valence-corrected chi connectivity index (χ4v) is 2.99. The van der Waals surface area contributed by atoms with Crippen molar-refractivity contribution in [2.45, 2.75) is 26.2 Å². The van der Waals surface area contributed by atoms with Gasteiger partial charge in [0.1, 0.15) is 5.78 Å². The minimum Gasteiger partial charge on any atom is -0.300 e. The van der Waals surface area contributed by atoms with E-state index in [1.807, 2.05) is 0 Å². The Labute approximate surface area is 79.0 Å². The van der Waals surface area contributed by atoms with Crippen LogP contribution in [0.4, 0.5) is 0 Å². The molecule has 5 heteroatoms. The molecule has 1 rings (SSSR count). The van der Waals surface area contributed by atoms with Crippen molar-refractivity contribution in [2.75, 3.05) is 18.8 Å². The predicted molar refractivity (Wildman–Crippen MR) is 49.9 cm³/mol. The highest BCUT2D eigenvalue weighted by Gasteiger charge is 2.24. The maximum Gasteiger partial charge on any atom is 0.214 e. The average molecular weight is 205 g/mol. The van der Waals surface area contributed by atoms with Crippen LogP contribution in [0.2, 0.25) is 0 Å². The normalized spacial score (nSPS) is 19.2. The van der Waals surface area contributed by atoms with Gasteiger partial charge >= 0.3 is 0 Å². The number of nitrogens with zero attached hydrogens (tertiary/aromatic N) is 1. The smallest absolute Gasteiger partial charge is 0.214 e. The van der Waals surface area contributed by atoms with Crippen LogP contribution in [-0.4, -0.2) is 37.3 Å². The van der Waals surface area contributed by atoms with Crippen molar-refractivity contribution in [3.63, 3.8) is 0 Å². The second kappa shape index (κ2) is 4.19. The van der Waals surface area contributed by atoms with Crippen LogP contribution in [0.15, 0.2) is 0 Å². The summed E-state index contributed by atoms with van der Waals surface area (Å²) in [5.41, 5.74) is 0. The van der Waals surface area contributed by atoms with E-state index in [0.717, 1.165) is 12.8 Å². The molecule has 0 radical (unpaired) electrons. The Balaban J connectivity index is 2.50. The summed E-state index contributed by atoms with van der Waals surface area (Å²) in [5, 5.41) is 0. The summed E-state index contributed by atoms with van der Waals surface area (Å²) in [6.07, 6.45) is 2.03. The highest BCUT2D eigenvalue weighted by Crippen LogP contribution is 2.13. The molecule has 1 fully saturated rings. The van der Waals surface area contributed by atoms with Gasteiger partial charge in [0.25, 0.3) is 0 Å². The molecule has 4 nitrogen and oxygen atoms in total. The quantitative estimate of drug-likeness (QED) is 0.667. The molecular weight excluding hydrogens is 190 g/mol. The largest absolute Gasteiger partial charge is 0.300 e. The molecule has 1 aliphatic heterocycles. The lowest BCUT2D eigenvalue weighted by atomic mass is 10.4. The van der Waals surface area contributed by atoms with Crippen LogP contribution in [0.3, 0.4) is 0 Å². The number of rotatable bonds is 4. The zero-order chi connectivity index (χ0) is 9.90. The third-order valence-corrected chi connectivity index (χ3v) is 4.04. The van der Waals surface area contributed by atoms with E-state index in [4.69, 9.17) is 0 Å². The van der Waals surface area contributed by atoms with Gasteiger partial charge in [0.2, 0.25) is 10.0 Å². The Bertz CT molecular complexity index is 278. The molecule has 0 N–H and O–H groups in total. The number of hydrogen-bond donors (Lipinski definition) is 0. The van der Waals surface area contributed by atoms with Gasteiger partial charge in [-0.05, 0) is 19.8 Å². The van der Waals surface area contributed by atoms with Gasteiger partial charge in [0.15, 0.2) is 0 Å². The molecule has 76 valence electrons. The van der Waals surface area contributed by atoms with Gasteiger partial charge in [-0.2, -0.15) is 0 Å². The molecule has 0 spiro atoms. The summed E-state index contributed by atoms with van der Waals surface area (Å²) in [5.74, 6) is -0.0923. The SMILES string of the molecule is CC(=O)CCS(=O)(=O)N1CCCC1. The summed E-state index contributed by atoms with van der Waals surface area (Å²) in [4.78, 5) is 10.6. The number of hydrogen-bond acceptors (Lipinski definition) is 3. The minimum absolute atomic E-state index is 0.0255. The summed E-state index contributed by atoms with van der Waals surface area (Å²) in [6.45, 7) is 2.67. The highest BCUT2D eigenvalue weighted by molar-refractivity contribution is 7.89. The zero-order valence-corrected chi connectivity index (χ0v) is 8.64. The average Bonchev–Trinajstić information content (AvgIpc) is 2.53. The third-order valence-electron chi connectivity index (χ3n) is 2.17. The van der Waals surface area contributed by atoms with Crippen molar-refractivity contribution < 1.29 is 13.2 Å². The van der Waals surface area contributed by atoms with Gasteiger partial charge in [-0.15, -0.1) is 0 Å². The Hall–Kier alpha value is -0.420. The Kier molecular flexibility index (Phi) is 3.44. The second-order valence-corrected chi connectivity index (χ2v) is 5.46. The van der Waals surface area contributed by atoms with Gasteiger partial charge < -0.3 is 0 Å². The van der Waals surface area contributed by atoms with Crippen LogP contribution in [0.25, 0.3) is 0 Å². The van der Waals surface area contributed by atoms with E-state index >= 15 is 0 Å². The number of carbonyl (C=O) groups is 1. The van der Waals surface area contributed by atoms with Crippen LogP contribution in [0, 0.1) is 0 Å². The monoisotopic (exact) mass is 205 g/mol. The topological polar surface area (TPSA) is 54.5 Å². The maximum atomic E-state index is 11.5. The van der Waals surface area contributed by atoms with Crippen molar-refractivity contribution in [2.24, 2.45) is 0 Å². The molecule has 0 aromatic heterocycles. The first kappa shape index (κ1) is 10.7. The van der Waals surface area contributed by atoms with Gasteiger partial charge in [-0.25, -0.2) is 12.7 Å². The summed E-state index contributed by atoms with van der Waals surface area (Å²) < 4.78 is 24.5. The Morgan fingerprint density at radius 2 is 1.85 bits per heavy atom. The second-order valence-electron chi connectivity index (χ2n) is 3.37. The summed E-state index contributed by atoms with van der Waals surface area (Å²) in [7, 11) is -3.14. The van der Waals surface area contributed by atoms with Crippen LogP contribution in [0.5, 0.6) is 0 Å². The van der Waals surface area contributed by atoms with Gasteiger partial charge in [-0.3, -0.25) is 4.79 Å². The lowest BCUT2D eigenvalue weighted by Gasteiger charge is -2.14. The van der Waals surface area contributed by atoms with Crippen molar-refractivity contribution in [3.8, 4) is 0 Å². The van der Waals surface area contributed by atoms with E-state index in [1.54, 1.807) is 0 Å². The Morgan fingerprint density at radius 3 is 2.31 bits per heavy atom. The first-order valence-corrected chi connectivity index (χ1v) is 6.10. The number of carbonyl (C=O) groups excluding carboxylic acids is 1. The molecule has 1 aliphatic rings. The van der Waals surface area contributed by atoms with Crippen LogP contribution in [0.1, 0.15) is 26.2 Å². The standard InChI is InChI=1S/C8H15NO3S/c1-8(10)4-7-13(11,12)9-5-2-3-6-9/h2-7H2,1H3.